The monoisotopic (exact) mass is 251 g/mol. The van der Waals surface area contributed by atoms with E-state index in [1.807, 2.05) is 0 Å². The number of anilines is 2. The Morgan fingerprint density at radius 1 is 1.53 bits per heavy atom. The molecule has 17 heavy (non-hydrogen) atoms. The van der Waals surface area contributed by atoms with Gasteiger partial charge < -0.3 is 5.73 Å². The third-order valence-corrected chi connectivity index (χ3v) is 2.82. The van der Waals surface area contributed by atoms with Crippen LogP contribution in [0.3, 0.4) is 0 Å². The second-order valence-electron chi connectivity index (χ2n) is 4.00. The molecule has 4 nitrogen and oxygen atoms in total. The first-order chi connectivity index (χ1) is 8.11. The van der Waals surface area contributed by atoms with Gasteiger partial charge in [-0.15, -0.1) is 0 Å². The molecule has 2 N–H and O–H groups in total. The second-order valence-corrected chi connectivity index (χ2v) is 4.44. The number of carbonyl (C=O) groups excluding carboxylic acids is 1. The molecule has 1 heterocycles. The van der Waals surface area contributed by atoms with Gasteiger partial charge in [-0.25, -0.2) is 0 Å². The third kappa shape index (κ3) is 2.42. The molecule has 1 aromatic rings. The van der Waals surface area contributed by atoms with E-state index in [1.165, 1.54) is 5.01 Å². The van der Waals surface area contributed by atoms with Gasteiger partial charge in [-0.05, 0) is 24.6 Å². The fraction of sp³-hybridized carbons (Fsp3) is 0.333. The van der Waals surface area contributed by atoms with Gasteiger partial charge in [0.25, 0.3) is 5.91 Å². The van der Waals surface area contributed by atoms with Crippen LogP contribution in [-0.4, -0.2) is 11.6 Å². The van der Waals surface area contributed by atoms with Gasteiger partial charge >= 0.3 is 0 Å². The van der Waals surface area contributed by atoms with Gasteiger partial charge in [0, 0.05) is 10.7 Å². The molecule has 1 aliphatic rings. The van der Waals surface area contributed by atoms with Crippen LogP contribution in [0.1, 0.15) is 26.2 Å². The van der Waals surface area contributed by atoms with Gasteiger partial charge in [-0.1, -0.05) is 24.9 Å². The zero-order valence-corrected chi connectivity index (χ0v) is 10.4. The van der Waals surface area contributed by atoms with E-state index in [0.29, 0.717) is 22.8 Å². The van der Waals surface area contributed by atoms with Crippen LogP contribution in [0.15, 0.2) is 23.3 Å². The van der Waals surface area contributed by atoms with E-state index < -0.39 is 0 Å². The quantitative estimate of drug-likeness (QED) is 0.840. The van der Waals surface area contributed by atoms with Gasteiger partial charge in [-0.3, -0.25) is 4.79 Å². The summed E-state index contributed by atoms with van der Waals surface area (Å²) in [6.07, 6.45) is 2.21. The minimum Gasteiger partial charge on any atom is -0.397 e. The normalized spacial score (nSPS) is 15.3. The maximum atomic E-state index is 11.8. The highest BCUT2D eigenvalue weighted by Crippen LogP contribution is 2.29. The van der Waals surface area contributed by atoms with Gasteiger partial charge in [0.2, 0.25) is 0 Å². The number of amides is 1. The Balaban J connectivity index is 2.30. The van der Waals surface area contributed by atoms with Crippen molar-refractivity contribution in [2.75, 3.05) is 10.7 Å². The molecule has 1 amide bonds. The largest absolute Gasteiger partial charge is 0.397 e. The Hall–Kier alpha value is -1.55. The van der Waals surface area contributed by atoms with Crippen molar-refractivity contribution >= 4 is 34.6 Å². The van der Waals surface area contributed by atoms with Crippen molar-refractivity contribution in [1.29, 1.82) is 0 Å². The average Bonchev–Trinajstić information content (AvgIpc) is 2.60. The fourth-order valence-corrected chi connectivity index (χ4v) is 2.00. The molecule has 2 rings (SSSR count). The lowest BCUT2D eigenvalue weighted by Gasteiger charge is -2.14. The van der Waals surface area contributed by atoms with Crippen LogP contribution >= 0.6 is 11.6 Å². The van der Waals surface area contributed by atoms with Crippen molar-refractivity contribution in [3.8, 4) is 0 Å². The number of hydrogen-bond donors (Lipinski definition) is 1. The molecule has 0 saturated heterocycles. The van der Waals surface area contributed by atoms with Gasteiger partial charge in [0.1, 0.15) is 0 Å². The fourth-order valence-electron chi connectivity index (χ4n) is 1.82. The first-order valence-corrected chi connectivity index (χ1v) is 5.94. The zero-order chi connectivity index (χ0) is 12.4. The molecule has 0 radical (unpaired) electrons. The number of nitrogen functional groups attached to an aromatic ring is 1. The molecule has 0 aliphatic carbocycles. The van der Waals surface area contributed by atoms with E-state index in [2.05, 4.69) is 12.0 Å². The van der Waals surface area contributed by atoms with Crippen LogP contribution in [0, 0.1) is 0 Å². The first kappa shape index (κ1) is 11.9. The number of hydrazone groups is 1. The topological polar surface area (TPSA) is 58.7 Å². The minimum atomic E-state index is -0.0394. The maximum absolute atomic E-state index is 11.8. The van der Waals surface area contributed by atoms with Crippen LogP contribution in [0.4, 0.5) is 11.4 Å². The Morgan fingerprint density at radius 2 is 2.29 bits per heavy atom. The Morgan fingerprint density at radius 3 is 2.94 bits per heavy atom. The van der Waals surface area contributed by atoms with Crippen molar-refractivity contribution in [2.45, 2.75) is 26.2 Å². The summed E-state index contributed by atoms with van der Waals surface area (Å²) in [4.78, 5) is 11.8. The molecular formula is C12H14ClN3O. The van der Waals surface area contributed by atoms with Crippen molar-refractivity contribution in [1.82, 2.24) is 0 Å². The van der Waals surface area contributed by atoms with Crippen LogP contribution in [0.5, 0.6) is 0 Å². The van der Waals surface area contributed by atoms with Gasteiger partial charge in [-0.2, -0.15) is 10.1 Å². The molecule has 0 spiro atoms. The lowest BCUT2D eigenvalue weighted by atomic mass is 10.2. The Bertz CT molecular complexity index is 485. The smallest absolute Gasteiger partial charge is 0.253 e. The van der Waals surface area contributed by atoms with Gasteiger partial charge in [0.15, 0.2) is 0 Å². The van der Waals surface area contributed by atoms with E-state index >= 15 is 0 Å². The predicted octanol–water partition coefficient (Wildman–Crippen LogP) is 2.82. The van der Waals surface area contributed by atoms with Crippen molar-refractivity contribution in [3.05, 3.63) is 23.2 Å². The summed E-state index contributed by atoms with van der Waals surface area (Å²) in [5, 5.41) is 6.22. The summed E-state index contributed by atoms with van der Waals surface area (Å²) >= 11 is 5.82. The SMILES string of the molecule is CCCC1=NN(c2ccc(Cl)cc2N)C(=O)C1. The molecule has 0 saturated carbocycles. The van der Waals surface area contributed by atoms with Crippen LogP contribution in [-0.2, 0) is 4.79 Å². The highest BCUT2D eigenvalue weighted by atomic mass is 35.5. The number of hydrogen-bond acceptors (Lipinski definition) is 3. The van der Waals surface area contributed by atoms with Gasteiger partial charge in [0.05, 0.1) is 17.8 Å². The Labute approximate surface area is 105 Å². The van der Waals surface area contributed by atoms with E-state index in [-0.39, 0.29) is 5.91 Å². The summed E-state index contributed by atoms with van der Waals surface area (Å²) < 4.78 is 0. The van der Waals surface area contributed by atoms with Crippen molar-refractivity contribution < 1.29 is 4.79 Å². The molecule has 0 unspecified atom stereocenters. The van der Waals surface area contributed by atoms with E-state index in [9.17, 15) is 4.79 Å². The van der Waals surface area contributed by atoms with E-state index in [4.69, 9.17) is 17.3 Å². The highest BCUT2D eigenvalue weighted by molar-refractivity contribution is 6.31. The number of halogens is 1. The number of carbonyl (C=O) groups is 1. The molecule has 90 valence electrons. The summed E-state index contributed by atoms with van der Waals surface area (Å²) in [5.74, 6) is -0.0394. The third-order valence-electron chi connectivity index (χ3n) is 2.59. The standard InChI is InChI=1S/C12H14ClN3O/c1-2-3-9-7-12(17)16(15-9)11-5-4-8(13)6-10(11)14/h4-6H,2-3,7,14H2,1H3. The second kappa shape index (κ2) is 4.75. The molecule has 0 aromatic heterocycles. The van der Waals surface area contributed by atoms with Crippen molar-refractivity contribution in [2.24, 2.45) is 5.10 Å². The highest BCUT2D eigenvalue weighted by Gasteiger charge is 2.25. The number of nitrogens with zero attached hydrogens (tertiary/aromatic N) is 2. The summed E-state index contributed by atoms with van der Waals surface area (Å²) in [7, 11) is 0. The Kier molecular flexibility index (Phi) is 3.33. The molecule has 0 bridgehead atoms. The lowest BCUT2D eigenvalue weighted by molar-refractivity contribution is -0.116. The average molecular weight is 252 g/mol. The molecule has 0 atom stereocenters. The molecule has 5 heteroatoms. The number of nitrogens with two attached hydrogens (primary N) is 1. The van der Waals surface area contributed by atoms with Crippen molar-refractivity contribution in [3.63, 3.8) is 0 Å². The molecular weight excluding hydrogens is 238 g/mol. The van der Waals surface area contributed by atoms with Crippen LogP contribution in [0.25, 0.3) is 0 Å². The predicted molar refractivity (Wildman–Crippen MR) is 70.3 cm³/mol. The molecule has 1 aliphatic heterocycles. The van der Waals surface area contributed by atoms with E-state index in [0.717, 1.165) is 18.6 Å². The first-order valence-electron chi connectivity index (χ1n) is 5.56. The minimum absolute atomic E-state index is 0.0394. The lowest BCUT2D eigenvalue weighted by Crippen LogP contribution is -2.20. The molecule has 0 fully saturated rings. The summed E-state index contributed by atoms with van der Waals surface area (Å²) in [6, 6.07) is 5.04. The zero-order valence-electron chi connectivity index (χ0n) is 9.61. The number of benzene rings is 1. The van der Waals surface area contributed by atoms with Crippen LogP contribution in [0.2, 0.25) is 5.02 Å². The van der Waals surface area contributed by atoms with E-state index in [1.54, 1.807) is 18.2 Å². The molecule has 1 aromatic carbocycles. The summed E-state index contributed by atoms with van der Waals surface area (Å²) in [5.41, 5.74) is 7.81. The van der Waals surface area contributed by atoms with Crippen LogP contribution < -0.4 is 10.7 Å². The summed E-state index contributed by atoms with van der Waals surface area (Å²) in [6.45, 7) is 2.06. The number of rotatable bonds is 3. The maximum Gasteiger partial charge on any atom is 0.253 e.